The maximum atomic E-state index is 12.5. The second-order valence-corrected chi connectivity index (χ2v) is 8.36. The highest BCUT2D eigenvalue weighted by molar-refractivity contribution is 5.89. The number of phenolic OH excluding ortho intramolecular Hbond substituents is 2. The van der Waals surface area contributed by atoms with Crippen molar-refractivity contribution >= 4 is 11.8 Å². The van der Waals surface area contributed by atoms with Crippen LogP contribution in [0.2, 0.25) is 0 Å². The van der Waals surface area contributed by atoms with Crippen LogP contribution in [0.4, 0.5) is 0 Å². The van der Waals surface area contributed by atoms with Crippen LogP contribution >= 0.6 is 0 Å². The number of rotatable bonds is 5. The number of carbonyl (C=O) groups is 2. The molecule has 2 unspecified atom stereocenters. The van der Waals surface area contributed by atoms with E-state index in [-0.39, 0.29) is 23.7 Å². The molecule has 0 aliphatic rings. The largest absolute Gasteiger partial charge is 0.504 e. The topological polar surface area (TPSA) is 110 Å². The molecule has 0 aliphatic carbocycles. The number of phenols is 2. The molecule has 0 radical (unpaired) electrons. The summed E-state index contributed by atoms with van der Waals surface area (Å²) in [4.78, 5) is 24.8. The first-order chi connectivity index (χ1) is 11.2. The molecule has 6 heteroatoms. The highest BCUT2D eigenvalue weighted by Gasteiger charge is 2.36. The molecule has 0 bridgehead atoms. The van der Waals surface area contributed by atoms with Crippen molar-refractivity contribution in [3.05, 3.63) is 23.8 Å². The monoisotopic (exact) mass is 351 g/mol. The first kappa shape index (κ1) is 21.0. The van der Waals surface area contributed by atoms with Gasteiger partial charge in [-0.05, 0) is 38.5 Å². The Kier molecular flexibility index (Phi) is 6.23. The van der Waals surface area contributed by atoms with E-state index in [1.165, 1.54) is 12.1 Å². The van der Waals surface area contributed by atoms with E-state index in [1.54, 1.807) is 47.6 Å². The number of carbonyl (C=O) groups excluding carboxylic acids is 2. The Morgan fingerprint density at radius 2 is 1.60 bits per heavy atom. The summed E-state index contributed by atoms with van der Waals surface area (Å²) in [5.74, 6) is -1.21. The van der Waals surface area contributed by atoms with Gasteiger partial charge in [-0.1, -0.05) is 26.8 Å². The third-order valence-electron chi connectivity index (χ3n) is 3.79. The van der Waals surface area contributed by atoms with Gasteiger partial charge in [-0.15, -0.1) is 0 Å². The van der Waals surface area contributed by atoms with Crippen LogP contribution in [-0.2, 0) is 20.7 Å². The molecule has 0 fully saturated rings. The van der Waals surface area contributed by atoms with Crippen molar-refractivity contribution in [1.29, 1.82) is 0 Å². The molecular formula is C19H29NO5. The Labute approximate surface area is 149 Å². The van der Waals surface area contributed by atoms with Crippen LogP contribution in [0.15, 0.2) is 18.2 Å². The summed E-state index contributed by atoms with van der Waals surface area (Å²) in [5.41, 5.74) is 5.30. The third-order valence-corrected chi connectivity index (χ3v) is 3.79. The van der Waals surface area contributed by atoms with E-state index in [0.29, 0.717) is 5.56 Å². The summed E-state index contributed by atoms with van der Waals surface area (Å²) in [5, 5.41) is 19.1. The third kappa shape index (κ3) is 5.74. The van der Waals surface area contributed by atoms with E-state index in [0.717, 1.165) is 0 Å². The molecule has 1 rings (SSSR count). The zero-order chi connectivity index (χ0) is 19.6. The highest BCUT2D eigenvalue weighted by atomic mass is 16.5. The average Bonchev–Trinajstić information content (AvgIpc) is 2.46. The Morgan fingerprint density at radius 3 is 2.04 bits per heavy atom. The molecular weight excluding hydrogens is 322 g/mol. The average molecular weight is 351 g/mol. The van der Waals surface area contributed by atoms with Gasteiger partial charge in [0.15, 0.2) is 17.3 Å². The van der Waals surface area contributed by atoms with E-state index < -0.39 is 28.9 Å². The number of hydrogen-bond acceptors (Lipinski definition) is 6. The summed E-state index contributed by atoms with van der Waals surface area (Å²) in [6, 6.07) is 3.29. The fourth-order valence-electron chi connectivity index (χ4n) is 2.15. The molecule has 0 heterocycles. The summed E-state index contributed by atoms with van der Waals surface area (Å²) >= 11 is 0. The van der Waals surface area contributed by atoms with E-state index in [2.05, 4.69) is 0 Å². The number of aromatic hydroxyl groups is 2. The standard InChI is InChI=1S/C19H29NO5/c1-18(2,3)16(23)15(20)14(25-17(24)19(4,5)6)10-11-7-8-12(21)13(22)9-11/h7-9,14-15,21-22H,10,20H2,1-6H3. The van der Waals surface area contributed by atoms with Crippen LogP contribution in [-0.4, -0.2) is 34.1 Å². The van der Waals surface area contributed by atoms with Crippen molar-refractivity contribution < 1.29 is 24.5 Å². The van der Waals surface area contributed by atoms with E-state index >= 15 is 0 Å². The molecule has 1 aromatic carbocycles. The summed E-state index contributed by atoms with van der Waals surface area (Å²) in [6.07, 6.45) is -0.721. The Hall–Kier alpha value is -2.08. The Bertz CT molecular complexity index is 640. The normalized spacial score (nSPS) is 14.7. The molecule has 0 aliphatic heterocycles. The molecule has 4 N–H and O–H groups in total. The number of benzene rings is 1. The van der Waals surface area contributed by atoms with Crippen molar-refractivity contribution in [2.75, 3.05) is 0 Å². The minimum absolute atomic E-state index is 0.151. The van der Waals surface area contributed by atoms with E-state index in [1.807, 2.05) is 0 Å². The van der Waals surface area contributed by atoms with Gasteiger partial charge in [-0.25, -0.2) is 0 Å². The predicted molar refractivity (Wildman–Crippen MR) is 95.2 cm³/mol. The minimum atomic E-state index is -0.998. The summed E-state index contributed by atoms with van der Waals surface area (Å²) in [6.45, 7) is 10.4. The summed E-state index contributed by atoms with van der Waals surface area (Å²) < 4.78 is 5.54. The Morgan fingerprint density at radius 1 is 1.04 bits per heavy atom. The van der Waals surface area contributed by atoms with Crippen molar-refractivity contribution in [2.24, 2.45) is 16.6 Å². The number of Topliss-reactive ketones (excluding diaryl/α,β-unsaturated/α-hetero) is 1. The van der Waals surface area contributed by atoms with Crippen LogP contribution in [0.5, 0.6) is 11.5 Å². The molecule has 0 amide bonds. The van der Waals surface area contributed by atoms with E-state index in [9.17, 15) is 19.8 Å². The summed E-state index contributed by atoms with van der Waals surface area (Å²) in [7, 11) is 0. The van der Waals surface area contributed by atoms with Gasteiger partial charge in [0.1, 0.15) is 12.1 Å². The molecule has 0 aromatic heterocycles. The second-order valence-electron chi connectivity index (χ2n) is 8.36. The highest BCUT2D eigenvalue weighted by Crippen LogP contribution is 2.27. The van der Waals surface area contributed by atoms with Gasteiger partial charge >= 0.3 is 5.97 Å². The first-order valence-corrected chi connectivity index (χ1v) is 8.25. The molecule has 25 heavy (non-hydrogen) atoms. The first-order valence-electron chi connectivity index (χ1n) is 8.25. The van der Waals surface area contributed by atoms with Gasteiger partial charge in [0.2, 0.25) is 0 Å². The maximum Gasteiger partial charge on any atom is 0.311 e. The second kappa shape index (κ2) is 7.44. The fourth-order valence-corrected chi connectivity index (χ4v) is 2.15. The fraction of sp³-hybridized carbons (Fsp3) is 0.579. The van der Waals surface area contributed by atoms with Crippen LogP contribution in [0.1, 0.15) is 47.1 Å². The van der Waals surface area contributed by atoms with Crippen LogP contribution in [0.25, 0.3) is 0 Å². The molecule has 140 valence electrons. The number of hydrogen-bond donors (Lipinski definition) is 3. The van der Waals surface area contributed by atoms with Gasteiger partial charge in [-0.3, -0.25) is 9.59 Å². The molecule has 6 nitrogen and oxygen atoms in total. The van der Waals surface area contributed by atoms with Gasteiger partial charge in [0.05, 0.1) is 5.41 Å². The van der Waals surface area contributed by atoms with Crippen LogP contribution in [0.3, 0.4) is 0 Å². The molecule has 0 spiro atoms. The van der Waals surface area contributed by atoms with Gasteiger partial charge in [0, 0.05) is 11.8 Å². The van der Waals surface area contributed by atoms with E-state index in [4.69, 9.17) is 10.5 Å². The lowest BCUT2D eigenvalue weighted by atomic mass is 9.83. The zero-order valence-electron chi connectivity index (χ0n) is 15.8. The van der Waals surface area contributed by atoms with Gasteiger partial charge < -0.3 is 20.7 Å². The van der Waals surface area contributed by atoms with Crippen LogP contribution < -0.4 is 5.73 Å². The molecule has 2 atom stereocenters. The lowest BCUT2D eigenvalue weighted by molar-refractivity contribution is -0.161. The zero-order valence-corrected chi connectivity index (χ0v) is 15.8. The quantitative estimate of drug-likeness (QED) is 0.555. The molecule has 1 aromatic rings. The Balaban J connectivity index is 3.11. The van der Waals surface area contributed by atoms with Crippen molar-refractivity contribution in [1.82, 2.24) is 0 Å². The molecule has 0 saturated heterocycles. The van der Waals surface area contributed by atoms with Gasteiger partial charge in [0.25, 0.3) is 0 Å². The van der Waals surface area contributed by atoms with Crippen molar-refractivity contribution in [3.63, 3.8) is 0 Å². The smallest absolute Gasteiger partial charge is 0.311 e. The van der Waals surface area contributed by atoms with Crippen molar-refractivity contribution in [3.8, 4) is 11.5 Å². The van der Waals surface area contributed by atoms with Crippen molar-refractivity contribution in [2.45, 2.75) is 60.1 Å². The van der Waals surface area contributed by atoms with Crippen LogP contribution in [0, 0.1) is 10.8 Å². The predicted octanol–water partition coefficient (Wildman–Crippen LogP) is 2.54. The number of ether oxygens (including phenoxy) is 1. The maximum absolute atomic E-state index is 12.5. The number of esters is 1. The number of ketones is 1. The SMILES string of the molecule is CC(C)(C)C(=O)OC(Cc1ccc(O)c(O)c1)C(N)C(=O)C(C)(C)C. The lowest BCUT2D eigenvalue weighted by Gasteiger charge is -2.30. The minimum Gasteiger partial charge on any atom is -0.504 e. The van der Waals surface area contributed by atoms with Gasteiger partial charge in [-0.2, -0.15) is 0 Å². The lowest BCUT2D eigenvalue weighted by Crippen LogP contribution is -2.50. The number of nitrogens with two attached hydrogens (primary N) is 1. The molecule has 0 saturated carbocycles.